The highest BCUT2D eigenvalue weighted by Gasteiger charge is 2.45. The van der Waals surface area contributed by atoms with Gasteiger partial charge in [0.1, 0.15) is 6.54 Å². The Morgan fingerprint density at radius 1 is 1.03 bits per heavy atom. The van der Waals surface area contributed by atoms with Crippen LogP contribution in [0.1, 0.15) is 29.2 Å². The predicted octanol–water partition coefficient (Wildman–Crippen LogP) is 4.32. The van der Waals surface area contributed by atoms with Crippen LogP contribution in [0.4, 0.5) is 23.7 Å². The Balaban J connectivity index is 1.49. The molecule has 0 bridgehead atoms. The Bertz CT molecular complexity index is 1450. The molecule has 5 rings (SSSR count). The van der Waals surface area contributed by atoms with Crippen LogP contribution in [0.15, 0.2) is 90.4 Å². The van der Waals surface area contributed by atoms with E-state index < -0.39 is 23.8 Å². The van der Waals surface area contributed by atoms with E-state index in [0.29, 0.717) is 41.9 Å². The molecule has 2 aliphatic heterocycles. The molecule has 0 spiro atoms. The smallest absolute Gasteiger partial charge is 0.333 e. The molecule has 0 saturated heterocycles. The fourth-order valence-electron chi connectivity index (χ4n) is 4.80. The van der Waals surface area contributed by atoms with Crippen LogP contribution in [-0.4, -0.2) is 29.9 Å². The number of hydrogen-bond acceptors (Lipinski definition) is 3. The SMILES string of the molecule is N#Cc1ccc(C2NC(=O)N(c3cccc(C(F)(F)F)c3)C3=C2C(=O)N(CCC[n+]2ccccc2)C3)cc1. The van der Waals surface area contributed by atoms with E-state index in [-0.39, 0.29) is 18.1 Å². The van der Waals surface area contributed by atoms with Crippen LogP contribution in [0.2, 0.25) is 0 Å². The zero-order valence-electron chi connectivity index (χ0n) is 20.2. The highest BCUT2D eigenvalue weighted by atomic mass is 19.4. The van der Waals surface area contributed by atoms with Crippen molar-refractivity contribution in [2.24, 2.45) is 0 Å². The summed E-state index contributed by atoms with van der Waals surface area (Å²) in [5.41, 5.74) is 0.814. The number of aromatic nitrogens is 1. The van der Waals surface area contributed by atoms with E-state index in [9.17, 15) is 22.8 Å². The van der Waals surface area contributed by atoms with E-state index in [0.717, 1.165) is 17.0 Å². The van der Waals surface area contributed by atoms with E-state index >= 15 is 0 Å². The fraction of sp³-hybridized carbons (Fsp3) is 0.214. The Morgan fingerprint density at radius 3 is 2.45 bits per heavy atom. The Labute approximate surface area is 217 Å². The van der Waals surface area contributed by atoms with Gasteiger partial charge in [-0.05, 0) is 35.9 Å². The number of aryl methyl sites for hydroxylation is 1. The summed E-state index contributed by atoms with van der Waals surface area (Å²) in [4.78, 5) is 29.8. The summed E-state index contributed by atoms with van der Waals surface area (Å²) in [7, 11) is 0. The van der Waals surface area contributed by atoms with Crippen molar-refractivity contribution in [3.63, 3.8) is 0 Å². The normalized spacial score (nSPS) is 17.4. The second-order valence-corrected chi connectivity index (χ2v) is 9.05. The molecule has 2 aliphatic rings. The van der Waals surface area contributed by atoms with Crippen LogP contribution in [-0.2, 0) is 17.5 Å². The van der Waals surface area contributed by atoms with Crippen LogP contribution < -0.4 is 14.8 Å². The van der Waals surface area contributed by atoms with Crippen molar-refractivity contribution in [2.45, 2.75) is 25.2 Å². The lowest BCUT2D eigenvalue weighted by atomic mass is 9.94. The minimum absolute atomic E-state index is 0.0256. The molecular weight excluding hydrogens is 495 g/mol. The molecule has 0 fully saturated rings. The number of halogens is 3. The standard InChI is InChI=1S/C28H22F3N5O2/c29-28(30,31)21-6-4-7-22(16-21)36-23-18-35(15-5-14-34-12-2-1-3-13-34)26(37)24(23)25(33-27(36)38)20-10-8-19(17-32)9-11-20/h1-4,6-13,16,25H,5,14-15,18H2/p+1. The van der Waals surface area contributed by atoms with Gasteiger partial charge in [-0.2, -0.15) is 18.4 Å². The zero-order chi connectivity index (χ0) is 26.9. The third kappa shape index (κ3) is 4.83. The number of carbonyl (C=O) groups is 2. The van der Waals surface area contributed by atoms with Crippen molar-refractivity contribution >= 4 is 17.6 Å². The van der Waals surface area contributed by atoms with Crippen LogP contribution in [0.3, 0.4) is 0 Å². The van der Waals surface area contributed by atoms with Gasteiger partial charge in [0.2, 0.25) is 0 Å². The fourth-order valence-corrected chi connectivity index (χ4v) is 4.80. The number of nitrogens with zero attached hydrogens (tertiary/aromatic N) is 4. The molecule has 1 atom stereocenters. The van der Waals surface area contributed by atoms with Gasteiger partial charge < -0.3 is 10.2 Å². The van der Waals surface area contributed by atoms with Crippen molar-refractivity contribution in [3.8, 4) is 6.07 Å². The van der Waals surface area contributed by atoms with E-state index in [1.165, 1.54) is 12.1 Å². The number of urea groups is 1. The van der Waals surface area contributed by atoms with Crippen molar-refractivity contribution in [2.75, 3.05) is 18.0 Å². The van der Waals surface area contributed by atoms with Crippen molar-refractivity contribution in [3.05, 3.63) is 107 Å². The first kappa shape index (κ1) is 25.0. The number of benzene rings is 2. The number of amides is 3. The van der Waals surface area contributed by atoms with Gasteiger partial charge in [-0.3, -0.25) is 9.69 Å². The maximum atomic E-state index is 13.6. The average molecular weight is 519 g/mol. The van der Waals surface area contributed by atoms with Gasteiger partial charge >= 0.3 is 12.2 Å². The third-order valence-electron chi connectivity index (χ3n) is 6.63. The maximum Gasteiger partial charge on any atom is 0.416 e. The summed E-state index contributed by atoms with van der Waals surface area (Å²) >= 11 is 0. The minimum Gasteiger partial charge on any atom is -0.333 e. The Morgan fingerprint density at radius 2 is 1.76 bits per heavy atom. The first-order valence-corrected chi connectivity index (χ1v) is 12.0. The summed E-state index contributed by atoms with van der Waals surface area (Å²) < 4.78 is 42.3. The lowest BCUT2D eigenvalue weighted by Gasteiger charge is -2.33. The van der Waals surface area contributed by atoms with Crippen molar-refractivity contribution in [1.29, 1.82) is 5.26 Å². The number of pyridine rings is 1. The Hall–Kier alpha value is -4.65. The molecule has 1 N–H and O–H groups in total. The number of hydrogen-bond donors (Lipinski definition) is 1. The molecular formula is C28H23F3N5O2+. The van der Waals surface area contributed by atoms with Gasteiger partial charge in [0.25, 0.3) is 5.91 Å². The zero-order valence-corrected chi connectivity index (χ0v) is 20.2. The number of carbonyl (C=O) groups excluding carboxylic acids is 2. The number of rotatable bonds is 6. The van der Waals surface area contributed by atoms with Crippen LogP contribution >= 0.6 is 0 Å². The largest absolute Gasteiger partial charge is 0.416 e. The molecule has 2 aromatic carbocycles. The number of nitriles is 1. The summed E-state index contributed by atoms with van der Waals surface area (Å²) in [5, 5.41) is 11.9. The monoisotopic (exact) mass is 518 g/mol. The molecule has 38 heavy (non-hydrogen) atoms. The van der Waals surface area contributed by atoms with Crippen LogP contribution in [0.25, 0.3) is 0 Å². The number of anilines is 1. The summed E-state index contributed by atoms with van der Waals surface area (Å²) in [6.45, 7) is 1.16. The third-order valence-corrected chi connectivity index (χ3v) is 6.63. The molecule has 3 heterocycles. The van der Waals surface area contributed by atoms with Crippen molar-refractivity contribution < 1.29 is 27.3 Å². The molecule has 1 aromatic heterocycles. The first-order valence-electron chi connectivity index (χ1n) is 12.0. The van der Waals surface area contributed by atoms with E-state index in [2.05, 4.69) is 5.32 Å². The second kappa shape index (κ2) is 10.0. The predicted molar refractivity (Wildman–Crippen MR) is 131 cm³/mol. The van der Waals surface area contributed by atoms with Gasteiger partial charge in [-0.25, -0.2) is 9.36 Å². The molecule has 3 aromatic rings. The average Bonchev–Trinajstić information content (AvgIpc) is 3.24. The second-order valence-electron chi connectivity index (χ2n) is 9.05. The number of alkyl halides is 3. The van der Waals surface area contributed by atoms with E-state index in [1.807, 2.05) is 41.2 Å². The Kier molecular flexibility index (Phi) is 6.59. The molecule has 0 radical (unpaired) electrons. The topological polar surface area (TPSA) is 80.3 Å². The maximum absolute atomic E-state index is 13.6. The minimum atomic E-state index is -4.59. The molecule has 0 aliphatic carbocycles. The highest BCUT2D eigenvalue weighted by Crippen LogP contribution is 2.40. The lowest BCUT2D eigenvalue weighted by molar-refractivity contribution is -0.697. The molecule has 7 nitrogen and oxygen atoms in total. The lowest BCUT2D eigenvalue weighted by Crippen LogP contribution is -2.47. The highest BCUT2D eigenvalue weighted by molar-refractivity contribution is 6.07. The molecule has 3 amide bonds. The van der Waals surface area contributed by atoms with Gasteiger partial charge in [0.15, 0.2) is 12.4 Å². The number of nitrogens with one attached hydrogen (secondary N) is 1. The molecule has 1 unspecified atom stereocenters. The molecule has 10 heteroatoms. The van der Waals surface area contributed by atoms with Gasteiger partial charge in [-0.1, -0.05) is 24.3 Å². The molecule has 0 saturated carbocycles. The summed E-state index contributed by atoms with van der Waals surface area (Å²) in [6, 6.07) is 17.3. The summed E-state index contributed by atoms with van der Waals surface area (Å²) in [6.07, 6.45) is -0.0907. The van der Waals surface area contributed by atoms with E-state index in [1.54, 1.807) is 29.2 Å². The first-order chi connectivity index (χ1) is 18.3. The quantitative estimate of drug-likeness (QED) is 0.494. The van der Waals surface area contributed by atoms with Gasteiger partial charge in [0, 0.05) is 25.1 Å². The van der Waals surface area contributed by atoms with Crippen LogP contribution in [0.5, 0.6) is 0 Å². The van der Waals surface area contributed by atoms with Gasteiger partial charge in [0.05, 0.1) is 46.7 Å². The molecule has 192 valence electrons. The van der Waals surface area contributed by atoms with Crippen LogP contribution in [0, 0.1) is 11.3 Å². The summed E-state index contributed by atoms with van der Waals surface area (Å²) in [5.74, 6) is -0.288. The van der Waals surface area contributed by atoms with E-state index in [4.69, 9.17) is 5.26 Å². The van der Waals surface area contributed by atoms with Gasteiger partial charge in [-0.15, -0.1) is 0 Å². The van der Waals surface area contributed by atoms with Crippen molar-refractivity contribution in [1.82, 2.24) is 10.2 Å².